The number of rotatable bonds is 8. The van der Waals surface area contributed by atoms with Crippen molar-refractivity contribution in [3.8, 4) is 11.8 Å². The van der Waals surface area contributed by atoms with Crippen LogP contribution in [-0.4, -0.2) is 25.0 Å². The molecule has 1 N–H and O–H groups in total. The highest BCUT2D eigenvalue weighted by Gasteiger charge is 2.18. The first-order valence-electron chi connectivity index (χ1n) is 10.0. The van der Waals surface area contributed by atoms with Crippen LogP contribution in [0, 0.1) is 11.3 Å². The summed E-state index contributed by atoms with van der Waals surface area (Å²) in [6.45, 7) is 2.74. The molecule has 6 nitrogen and oxygen atoms in total. The smallest absolute Gasteiger partial charge is 0.258 e. The second-order valence-electron chi connectivity index (χ2n) is 6.69. The zero-order valence-electron chi connectivity index (χ0n) is 17.2. The third-order valence-corrected chi connectivity index (χ3v) is 4.58. The minimum absolute atomic E-state index is 0.212. The Morgan fingerprint density at radius 1 is 0.935 bits per heavy atom. The number of carbonyl (C=O) groups is 2. The Labute approximate surface area is 181 Å². The molecule has 0 heterocycles. The quantitative estimate of drug-likeness (QED) is 0.569. The highest BCUT2D eigenvalue weighted by molar-refractivity contribution is 6.07. The van der Waals surface area contributed by atoms with Gasteiger partial charge in [-0.2, -0.15) is 5.26 Å². The van der Waals surface area contributed by atoms with Gasteiger partial charge in [0, 0.05) is 29.0 Å². The highest BCUT2D eigenvalue weighted by atomic mass is 16.5. The van der Waals surface area contributed by atoms with Crippen molar-refractivity contribution in [1.29, 1.82) is 5.26 Å². The molecule has 0 saturated carbocycles. The lowest BCUT2D eigenvalue weighted by molar-refractivity contribution is 0.0986. The van der Waals surface area contributed by atoms with Crippen molar-refractivity contribution in [3.05, 3.63) is 90.0 Å². The van der Waals surface area contributed by atoms with Crippen LogP contribution < -0.4 is 15.0 Å². The van der Waals surface area contributed by atoms with Gasteiger partial charge in [0.25, 0.3) is 11.8 Å². The van der Waals surface area contributed by atoms with E-state index in [1.807, 2.05) is 13.0 Å². The molecule has 31 heavy (non-hydrogen) atoms. The molecule has 0 aliphatic carbocycles. The van der Waals surface area contributed by atoms with E-state index in [-0.39, 0.29) is 24.8 Å². The van der Waals surface area contributed by atoms with Crippen molar-refractivity contribution in [1.82, 2.24) is 0 Å². The normalized spacial score (nSPS) is 10.1. The lowest BCUT2D eigenvalue weighted by Crippen LogP contribution is -2.31. The number of benzene rings is 3. The van der Waals surface area contributed by atoms with Crippen LogP contribution in [0.5, 0.6) is 5.75 Å². The number of nitrogens with one attached hydrogen (secondary N) is 1. The first-order valence-corrected chi connectivity index (χ1v) is 10.0. The average Bonchev–Trinajstić information content (AvgIpc) is 2.81. The van der Waals surface area contributed by atoms with Crippen molar-refractivity contribution in [2.45, 2.75) is 13.3 Å². The van der Waals surface area contributed by atoms with Crippen LogP contribution in [0.3, 0.4) is 0 Å². The third-order valence-electron chi connectivity index (χ3n) is 4.58. The van der Waals surface area contributed by atoms with Crippen molar-refractivity contribution in [2.75, 3.05) is 23.4 Å². The number of carbonyl (C=O) groups excluding carboxylic acids is 2. The van der Waals surface area contributed by atoms with Gasteiger partial charge in [-0.05, 0) is 67.6 Å². The van der Waals surface area contributed by atoms with Gasteiger partial charge < -0.3 is 15.0 Å². The molecule has 6 heteroatoms. The standard InChI is InChI=1S/C25H23N3O3/c1-2-31-23-15-13-22(14-16-23)28(18-6-17-26)25(30)20-9-11-21(12-10-20)27-24(29)19-7-4-3-5-8-19/h3-5,7-16H,2,6,18H2,1H3,(H,27,29). The molecule has 0 unspecified atom stereocenters. The predicted octanol–water partition coefficient (Wildman–Crippen LogP) is 4.90. The number of amides is 2. The van der Waals surface area contributed by atoms with Gasteiger partial charge in [-0.3, -0.25) is 9.59 Å². The van der Waals surface area contributed by atoms with Gasteiger partial charge in [-0.1, -0.05) is 18.2 Å². The molecule has 0 atom stereocenters. The molecular formula is C25H23N3O3. The van der Waals surface area contributed by atoms with Crippen molar-refractivity contribution in [2.24, 2.45) is 0 Å². The number of nitriles is 1. The first kappa shape index (κ1) is 21.6. The summed E-state index contributed by atoms with van der Waals surface area (Å²) in [6.07, 6.45) is 0.212. The Balaban J connectivity index is 1.75. The SMILES string of the molecule is CCOc1ccc(N(CCC#N)C(=O)c2ccc(NC(=O)c3ccccc3)cc2)cc1. The summed E-state index contributed by atoms with van der Waals surface area (Å²) in [6, 6.07) is 24.9. The Bertz CT molecular complexity index is 1060. The Kier molecular flexibility index (Phi) is 7.39. The molecule has 0 aliphatic heterocycles. The second kappa shape index (κ2) is 10.6. The van der Waals surface area contributed by atoms with E-state index in [0.29, 0.717) is 29.1 Å². The van der Waals surface area contributed by atoms with E-state index in [2.05, 4.69) is 11.4 Å². The number of ether oxygens (including phenoxy) is 1. The minimum atomic E-state index is -0.222. The van der Waals surface area contributed by atoms with E-state index < -0.39 is 0 Å². The van der Waals surface area contributed by atoms with Gasteiger partial charge in [0.2, 0.25) is 0 Å². The summed E-state index contributed by atoms with van der Waals surface area (Å²) in [5.41, 5.74) is 2.30. The van der Waals surface area contributed by atoms with Crippen LogP contribution in [0.15, 0.2) is 78.9 Å². The van der Waals surface area contributed by atoms with Crippen LogP contribution >= 0.6 is 0 Å². The summed E-state index contributed by atoms with van der Waals surface area (Å²) in [5.74, 6) is 0.280. The monoisotopic (exact) mass is 413 g/mol. The summed E-state index contributed by atoms with van der Waals surface area (Å²) in [5, 5.41) is 11.8. The lowest BCUT2D eigenvalue weighted by atomic mass is 10.1. The molecule has 0 spiro atoms. The molecule has 2 amide bonds. The Morgan fingerprint density at radius 2 is 1.61 bits per heavy atom. The maximum Gasteiger partial charge on any atom is 0.258 e. The summed E-state index contributed by atoms with van der Waals surface area (Å²) in [7, 11) is 0. The average molecular weight is 413 g/mol. The van der Waals surface area contributed by atoms with Crippen LogP contribution in [0.25, 0.3) is 0 Å². The van der Waals surface area contributed by atoms with Crippen molar-refractivity contribution >= 4 is 23.2 Å². The number of anilines is 2. The van der Waals surface area contributed by atoms with Gasteiger partial charge in [0.1, 0.15) is 5.75 Å². The van der Waals surface area contributed by atoms with Crippen molar-refractivity contribution in [3.63, 3.8) is 0 Å². The van der Waals surface area contributed by atoms with Gasteiger partial charge in [0.05, 0.1) is 19.1 Å². The van der Waals surface area contributed by atoms with E-state index in [0.717, 1.165) is 5.75 Å². The topological polar surface area (TPSA) is 82.4 Å². The molecule has 156 valence electrons. The fourth-order valence-electron chi connectivity index (χ4n) is 3.04. The van der Waals surface area contributed by atoms with Crippen molar-refractivity contribution < 1.29 is 14.3 Å². The molecule has 0 saturated heterocycles. The second-order valence-corrected chi connectivity index (χ2v) is 6.69. The molecule has 0 radical (unpaired) electrons. The fraction of sp³-hybridized carbons (Fsp3) is 0.160. The van der Waals surface area contributed by atoms with Crippen LogP contribution in [-0.2, 0) is 0 Å². The molecule has 0 fully saturated rings. The van der Waals surface area contributed by atoms with E-state index in [1.54, 1.807) is 77.7 Å². The number of nitrogens with zero attached hydrogens (tertiary/aromatic N) is 2. The van der Waals surface area contributed by atoms with Crippen LogP contribution in [0.2, 0.25) is 0 Å². The summed E-state index contributed by atoms with van der Waals surface area (Å²) < 4.78 is 5.45. The third kappa shape index (κ3) is 5.71. The van der Waals surface area contributed by atoms with E-state index in [4.69, 9.17) is 10.00 Å². The van der Waals surface area contributed by atoms with E-state index >= 15 is 0 Å². The molecule has 0 aromatic heterocycles. The van der Waals surface area contributed by atoms with Crippen LogP contribution in [0.1, 0.15) is 34.1 Å². The van der Waals surface area contributed by atoms with E-state index in [9.17, 15) is 9.59 Å². The molecule has 3 aromatic rings. The van der Waals surface area contributed by atoms with Gasteiger partial charge in [0.15, 0.2) is 0 Å². The van der Waals surface area contributed by atoms with Gasteiger partial charge in [-0.15, -0.1) is 0 Å². The summed E-state index contributed by atoms with van der Waals surface area (Å²) in [4.78, 5) is 27.0. The number of hydrogen-bond donors (Lipinski definition) is 1. The largest absolute Gasteiger partial charge is 0.494 e. The molecular weight excluding hydrogens is 390 g/mol. The first-order chi connectivity index (χ1) is 15.1. The lowest BCUT2D eigenvalue weighted by Gasteiger charge is -2.22. The minimum Gasteiger partial charge on any atom is -0.494 e. The fourth-order valence-corrected chi connectivity index (χ4v) is 3.04. The Morgan fingerprint density at radius 3 is 2.23 bits per heavy atom. The zero-order valence-corrected chi connectivity index (χ0v) is 17.2. The molecule has 0 aliphatic rings. The van der Waals surface area contributed by atoms with Gasteiger partial charge in [-0.25, -0.2) is 0 Å². The predicted molar refractivity (Wildman–Crippen MR) is 120 cm³/mol. The molecule has 3 rings (SSSR count). The molecule has 0 bridgehead atoms. The van der Waals surface area contributed by atoms with Gasteiger partial charge >= 0.3 is 0 Å². The zero-order chi connectivity index (χ0) is 22.1. The van der Waals surface area contributed by atoms with E-state index in [1.165, 1.54) is 0 Å². The highest BCUT2D eigenvalue weighted by Crippen LogP contribution is 2.22. The maximum absolute atomic E-state index is 13.1. The molecule has 3 aromatic carbocycles. The maximum atomic E-state index is 13.1. The Hall–Kier alpha value is -4.11. The van der Waals surface area contributed by atoms with Crippen LogP contribution in [0.4, 0.5) is 11.4 Å². The summed E-state index contributed by atoms with van der Waals surface area (Å²) >= 11 is 0. The number of hydrogen-bond acceptors (Lipinski definition) is 4.